The summed E-state index contributed by atoms with van der Waals surface area (Å²) in [6.45, 7) is 6.08. The standard InChI is InChI=1S/C10H21NO4.Na/c1-7(5-12)11(8(2)6-13)10(3,4)9(14)15;/h7-8,12-13H,5-6H2,1-4H3,(H,14,15);/q;+1/p-1. The van der Waals surface area contributed by atoms with Crippen LogP contribution in [0.5, 0.6) is 0 Å². The van der Waals surface area contributed by atoms with Crippen LogP contribution in [0.15, 0.2) is 0 Å². The van der Waals surface area contributed by atoms with Crippen LogP contribution in [0.1, 0.15) is 27.7 Å². The van der Waals surface area contributed by atoms with Gasteiger partial charge in [-0.2, -0.15) is 0 Å². The second kappa shape index (κ2) is 7.63. The van der Waals surface area contributed by atoms with Gasteiger partial charge in [0.25, 0.3) is 0 Å². The molecule has 2 unspecified atom stereocenters. The summed E-state index contributed by atoms with van der Waals surface area (Å²) >= 11 is 0. The van der Waals surface area contributed by atoms with Crippen molar-refractivity contribution < 1.29 is 49.7 Å². The number of carbonyl (C=O) groups excluding carboxylic acids is 1. The predicted molar refractivity (Wildman–Crippen MR) is 54.0 cm³/mol. The summed E-state index contributed by atoms with van der Waals surface area (Å²) in [4.78, 5) is 12.5. The summed E-state index contributed by atoms with van der Waals surface area (Å²) in [6, 6.07) is -0.694. The van der Waals surface area contributed by atoms with Crippen LogP contribution in [-0.4, -0.2) is 51.9 Å². The molecule has 0 aromatic rings. The van der Waals surface area contributed by atoms with Crippen LogP contribution in [0.3, 0.4) is 0 Å². The second-order valence-corrected chi connectivity index (χ2v) is 4.32. The first-order valence-corrected chi connectivity index (χ1v) is 5.00. The Bertz CT molecular complexity index is 213. The van der Waals surface area contributed by atoms with Gasteiger partial charge >= 0.3 is 29.6 Å². The molecular weight excluding hydrogens is 221 g/mol. The maximum Gasteiger partial charge on any atom is 1.00 e. The van der Waals surface area contributed by atoms with E-state index in [2.05, 4.69) is 0 Å². The molecule has 0 spiro atoms. The van der Waals surface area contributed by atoms with Crippen molar-refractivity contribution in [1.82, 2.24) is 4.90 Å². The van der Waals surface area contributed by atoms with Crippen molar-refractivity contribution in [1.29, 1.82) is 0 Å². The van der Waals surface area contributed by atoms with E-state index in [-0.39, 0.29) is 54.9 Å². The molecule has 16 heavy (non-hydrogen) atoms. The van der Waals surface area contributed by atoms with Gasteiger partial charge in [0.05, 0.1) is 24.7 Å². The van der Waals surface area contributed by atoms with Gasteiger partial charge in [0.2, 0.25) is 0 Å². The number of carbonyl (C=O) groups is 1. The van der Waals surface area contributed by atoms with E-state index in [1.807, 2.05) is 0 Å². The number of rotatable bonds is 6. The van der Waals surface area contributed by atoms with Crippen LogP contribution in [0.2, 0.25) is 0 Å². The number of nitrogens with zero attached hydrogens (tertiary/aromatic N) is 1. The molecule has 0 aliphatic rings. The van der Waals surface area contributed by atoms with Gasteiger partial charge in [0, 0.05) is 12.1 Å². The van der Waals surface area contributed by atoms with Crippen molar-refractivity contribution in [2.75, 3.05) is 13.2 Å². The molecule has 0 saturated heterocycles. The van der Waals surface area contributed by atoms with Gasteiger partial charge < -0.3 is 20.1 Å². The molecule has 90 valence electrons. The number of aliphatic hydroxyl groups excluding tert-OH is 2. The number of hydrogen-bond acceptors (Lipinski definition) is 5. The predicted octanol–water partition coefficient (Wildman–Crippen LogP) is -4.42. The van der Waals surface area contributed by atoms with Crippen LogP contribution in [0.25, 0.3) is 0 Å². The first-order valence-electron chi connectivity index (χ1n) is 5.00. The monoisotopic (exact) mass is 241 g/mol. The third-order valence-electron chi connectivity index (χ3n) is 2.62. The van der Waals surface area contributed by atoms with Gasteiger partial charge in [-0.15, -0.1) is 0 Å². The fraction of sp³-hybridized carbons (Fsp3) is 0.900. The van der Waals surface area contributed by atoms with Crippen molar-refractivity contribution in [3.8, 4) is 0 Å². The van der Waals surface area contributed by atoms with E-state index in [0.717, 1.165) is 0 Å². The zero-order valence-electron chi connectivity index (χ0n) is 10.7. The third kappa shape index (κ3) is 4.31. The van der Waals surface area contributed by atoms with Crippen LogP contribution >= 0.6 is 0 Å². The Balaban J connectivity index is 0. The first kappa shape index (κ1) is 18.7. The Labute approximate surface area is 119 Å². The molecule has 0 rings (SSSR count). The van der Waals surface area contributed by atoms with Crippen LogP contribution in [-0.2, 0) is 4.79 Å². The Kier molecular flexibility index (Phi) is 8.92. The number of aliphatic carboxylic acids is 1. The smallest absolute Gasteiger partial charge is 0.548 e. The largest absolute Gasteiger partial charge is 1.00 e. The molecule has 5 nitrogen and oxygen atoms in total. The minimum atomic E-state index is -1.22. The number of carboxylic acids is 1. The molecule has 0 aliphatic heterocycles. The zero-order valence-corrected chi connectivity index (χ0v) is 12.7. The summed E-state index contributed by atoms with van der Waals surface area (Å²) in [5.41, 5.74) is -1.22. The molecule has 0 radical (unpaired) electrons. The maximum absolute atomic E-state index is 11.0. The van der Waals surface area contributed by atoms with Gasteiger partial charge in [-0.3, -0.25) is 4.90 Å². The van der Waals surface area contributed by atoms with Gasteiger partial charge in [0.15, 0.2) is 0 Å². The SMILES string of the molecule is CC(CO)N(C(C)CO)C(C)(C)C(=O)[O-].[Na+]. The topological polar surface area (TPSA) is 83.8 Å². The van der Waals surface area contributed by atoms with Crippen molar-refractivity contribution in [3.05, 3.63) is 0 Å². The molecule has 0 heterocycles. The number of aliphatic hydroxyl groups is 2. The van der Waals surface area contributed by atoms with E-state index in [0.29, 0.717) is 0 Å². The van der Waals surface area contributed by atoms with E-state index in [1.165, 1.54) is 13.8 Å². The maximum atomic E-state index is 11.0. The molecule has 0 bridgehead atoms. The van der Waals surface area contributed by atoms with E-state index in [9.17, 15) is 9.90 Å². The molecule has 0 aliphatic carbocycles. The van der Waals surface area contributed by atoms with Crippen LogP contribution < -0.4 is 34.7 Å². The minimum absolute atomic E-state index is 0. The Hall–Kier alpha value is 0.350. The second-order valence-electron chi connectivity index (χ2n) is 4.32. The fourth-order valence-electron chi connectivity index (χ4n) is 1.82. The molecule has 0 fully saturated rings. The molecule has 2 atom stereocenters. The van der Waals surface area contributed by atoms with E-state index >= 15 is 0 Å². The number of carboxylic acid groups (broad SMARTS) is 1. The van der Waals surface area contributed by atoms with Crippen molar-refractivity contribution in [3.63, 3.8) is 0 Å². The number of hydrogen-bond donors (Lipinski definition) is 2. The Morgan fingerprint density at radius 3 is 1.75 bits per heavy atom. The van der Waals surface area contributed by atoms with E-state index in [4.69, 9.17) is 10.2 Å². The summed E-state index contributed by atoms with van der Waals surface area (Å²) in [6.07, 6.45) is 0. The first-order chi connectivity index (χ1) is 6.78. The van der Waals surface area contributed by atoms with Gasteiger partial charge in [-0.1, -0.05) is 0 Å². The quantitative estimate of drug-likeness (QED) is 0.459. The van der Waals surface area contributed by atoms with Gasteiger partial charge in [-0.05, 0) is 27.7 Å². The summed E-state index contributed by atoms with van der Waals surface area (Å²) in [7, 11) is 0. The summed E-state index contributed by atoms with van der Waals surface area (Å²) in [5.74, 6) is -1.22. The zero-order chi connectivity index (χ0) is 12.2. The molecule has 0 aromatic carbocycles. The molecule has 0 saturated carbocycles. The Morgan fingerprint density at radius 2 is 1.56 bits per heavy atom. The normalized spacial score (nSPS) is 15.4. The van der Waals surface area contributed by atoms with Gasteiger partial charge in [0.1, 0.15) is 0 Å². The van der Waals surface area contributed by atoms with E-state index in [1.54, 1.807) is 18.7 Å². The third-order valence-corrected chi connectivity index (χ3v) is 2.62. The molecule has 6 heteroatoms. The molecule has 2 N–H and O–H groups in total. The van der Waals surface area contributed by atoms with Crippen molar-refractivity contribution in [2.24, 2.45) is 0 Å². The van der Waals surface area contributed by atoms with Crippen molar-refractivity contribution in [2.45, 2.75) is 45.3 Å². The summed E-state index contributed by atoms with van der Waals surface area (Å²) < 4.78 is 0. The molecule has 0 aromatic heterocycles. The average molecular weight is 241 g/mol. The Morgan fingerprint density at radius 1 is 1.25 bits per heavy atom. The van der Waals surface area contributed by atoms with E-state index < -0.39 is 11.5 Å². The van der Waals surface area contributed by atoms with Crippen molar-refractivity contribution >= 4 is 5.97 Å². The minimum Gasteiger partial charge on any atom is -0.548 e. The summed E-state index contributed by atoms with van der Waals surface area (Å²) in [5, 5.41) is 29.1. The average Bonchev–Trinajstić information content (AvgIpc) is 2.16. The fourth-order valence-corrected chi connectivity index (χ4v) is 1.82. The molecular formula is C10H20NNaO4. The molecule has 0 amide bonds. The van der Waals surface area contributed by atoms with Crippen LogP contribution in [0, 0.1) is 0 Å². The van der Waals surface area contributed by atoms with Crippen LogP contribution in [0.4, 0.5) is 0 Å². The van der Waals surface area contributed by atoms with Gasteiger partial charge in [-0.25, -0.2) is 0 Å².